The lowest BCUT2D eigenvalue weighted by Gasteiger charge is -2.18. The molecule has 0 fully saturated rings. The van der Waals surface area contributed by atoms with E-state index in [0.717, 1.165) is 12.1 Å². The molecular formula is C16H21N3O. The van der Waals surface area contributed by atoms with Crippen molar-refractivity contribution in [3.63, 3.8) is 0 Å². The van der Waals surface area contributed by atoms with E-state index in [0.29, 0.717) is 5.88 Å². The molecule has 20 heavy (non-hydrogen) atoms. The largest absolute Gasteiger partial charge is 0.480 e. The summed E-state index contributed by atoms with van der Waals surface area (Å²) >= 11 is 0. The molecule has 1 unspecified atom stereocenters. The van der Waals surface area contributed by atoms with Crippen LogP contribution in [0.4, 0.5) is 0 Å². The van der Waals surface area contributed by atoms with Gasteiger partial charge in [0.15, 0.2) is 0 Å². The van der Waals surface area contributed by atoms with Gasteiger partial charge in [-0.15, -0.1) is 0 Å². The summed E-state index contributed by atoms with van der Waals surface area (Å²) in [5, 5.41) is 3.31. The molecule has 0 amide bonds. The van der Waals surface area contributed by atoms with E-state index in [9.17, 15) is 0 Å². The third-order valence-electron chi connectivity index (χ3n) is 3.49. The maximum atomic E-state index is 5.31. The van der Waals surface area contributed by atoms with Crippen LogP contribution >= 0.6 is 0 Å². The third kappa shape index (κ3) is 3.14. The van der Waals surface area contributed by atoms with Gasteiger partial charge in [0.2, 0.25) is 5.88 Å². The molecule has 2 rings (SSSR count). The smallest absolute Gasteiger partial charge is 0.237 e. The minimum Gasteiger partial charge on any atom is -0.480 e. The van der Waals surface area contributed by atoms with Crippen molar-refractivity contribution in [3.05, 3.63) is 53.0 Å². The number of likely N-dealkylation sites (N-methyl/N-ethyl adjacent to an activating group) is 1. The Bertz CT molecular complexity index is 584. The van der Waals surface area contributed by atoms with Crippen LogP contribution in [-0.2, 0) is 6.42 Å². The van der Waals surface area contributed by atoms with Crippen molar-refractivity contribution < 1.29 is 4.74 Å². The van der Waals surface area contributed by atoms with E-state index in [1.165, 1.54) is 16.7 Å². The molecule has 0 bridgehead atoms. The molecule has 0 saturated heterocycles. The number of rotatable bonds is 5. The van der Waals surface area contributed by atoms with Crippen LogP contribution in [0.15, 0.2) is 30.6 Å². The van der Waals surface area contributed by atoms with E-state index < -0.39 is 0 Å². The second-order valence-electron chi connectivity index (χ2n) is 4.93. The zero-order valence-corrected chi connectivity index (χ0v) is 12.5. The maximum Gasteiger partial charge on any atom is 0.237 e. The fraction of sp³-hybridized carbons (Fsp3) is 0.375. The zero-order chi connectivity index (χ0) is 14.5. The van der Waals surface area contributed by atoms with Crippen LogP contribution in [0, 0.1) is 13.8 Å². The van der Waals surface area contributed by atoms with Crippen molar-refractivity contribution in [2.75, 3.05) is 14.2 Å². The van der Waals surface area contributed by atoms with E-state index in [4.69, 9.17) is 4.74 Å². The molecule has 1 aromatic carbocycles. The van der Waals surface area contributed by atoms with Gasteiger partial charge in [0.1, 0.15) is 5.69 Å². The second kappa shape index (κ2) is 6.48. The van der Waals surface area contributed by atoms with Crippen LogP contribution in [0.1, 0.15) is 28.4 Å². The molecule has 4 heteroatoms. The van der Waals surface area contributed by atoms with Crippen LogP contribution in [-0.4, -0.2) is 24.1 Å². The van der Waals surface area contributed by atoms with Gasteiger partial charge in [-0.05, 0) is 38.4 Å². The van der Waals surface area contributed by atoms with E-state index >= 15 is 0 Å². The molecule has 1 heterocycles. The molecule has 1 aromatic heterocycles. The molecule has 1 atom stereocenters. The summed E-state index contributed by atoms with van der Waals surface area (Å²) in [6, 6.07) is 6.60. The Morgan fingerprint density at radius 2 is 1.95 bits per heavy atom. The lowest BCUT2D eigenvalue weighted by molar-refractivity contribution is 0.379. The molecule has 0 aliphatic heterocycles. The molecular weight excluding hydrogens is 250 g/mol. The predicted octanol–water partition coefficient (Wildman–Crippen LogP) is 2.61. The Kier molecular flexibility index (Phi) is 4.69. The van der Waals surface area contributed by atoms with Gasteiger partial charge in [-0.25, -0.2) is 4.98 Å². The SMILES string of the molecule is CNC(Cc1cc(C)ccc1C)c1nccnc1OC. The van der Waals surface area contributed by atoms with Gasteiger partial charge >= 0.3 is 0 Å². The summed E-state index contributed by atoms with van der Waals surface area (Å²) in [7, 11) is 3.56. The van der Waals surface area contributed by atoms with Gasteiger partial charge in [-0.3, -0.25) is 4.98 Å². The van der Waals surface area contributed by atoms with E-state index in [1.807, 2.05) is 7.05 Å². The number of aryl methyl sites for hydroxylation is 2. The fourth-order valence-electron chi connectivity index (χ4n) is 2.31. The minimum absolute atomic E-state index is 0.0825. The van der Waals surface area contributed by atoms with E-state index in [2.05, 4.69) is 47.3 Å². The highest BCUT2D eigenvalue weighted by molar-refractivity contribution is 5.33. The van der Waals surface area contributed by atoms with Crippen molar-refractivity contribution in [2.24, 2.45) is 0 Å². The Morgan fingerprint density at radius 3 is 2.65 bits per heavy atom. The maximum absolute atomic E-state index is 5.31. The van der Waals surface area contributed by atoms with E-state index in [1.54, 1.807) is 19.5 Å². The summed E-state index contributed by atoms with van der Waals surface area (Å²) < 4.78 is 5.31. The molecule has 0 spiro atoms. The number of nitrogens with zero attached hydrogens (tertiary/aromatic N) is 2. The highest BCUT2D eigenvalue weighted by Crippen LogP contribution is 2.24. The Morgan fingerprint density at radius 1 is 1.20 bits per heavy atom. The van der Waals surface area contributed by atoms with Crippen LogP contribution in [0.5, 0.6) is 5.88 Å². The summed E-state index contributed by atoms with van der Waals surface area (Å²) in [6.07, 6.45) is 4.21. The summed E-state index contributed by atoms with van der Waals surface area (Å²) in [6.45, 7) is 4.25. The molecule has 0 saturated carbocycles. The lowest BCUT2D eigenvalue weighted by atomic mass is 9.97. The first-order chi connectivity index (χ1) is 9.65. The first kappa shape index (κ1) is 14.5. The van der Waals surface area contributed by atoms with Crippen LogP contribution < -0.4 is 10.1 Å². The quantitative estimate of drug-likeness (QED) is 0.908. The fourth-order valence-corrected chi connectivity index (χ4v) is 2.31. The van der Waals surface area contributed by atoms with Gasteiger partial charge < -0.3 is 10.1 Å². The van der Waals surface area contributed by atoms with Crippen LogP contribution in [0.3, 0.4) is 0 Å². The van der Waals surface area contributed by atoms with Crippen LogP contribution in [0.25, 0.3) is 0 Å². The van der Waals surface area contributed by atoms with Gasteiger partial charge in [-0.2, -0.15) is 0 Å². The van der Waals surface area contributed by atoms with Gasteiger partial charge in [0.05, 0.1) is 13.2 Å². The number of nitrogens with one attached hydrogen (secondary N) is 1. The number of hydrogen-bond donors (Lipinski definition) is 1. The average molecular weight is 271 g/mol. The molecule has 106 valence electrons. The minimum atomic E-state index is 0.0825. The number of aromatic nitrogens is 2. The first-order valence-electron chi connectivity index (χ1n) is 6.74. The molecule has 0 aliphatic rings. The van der Waals surface area contributed by atoms with Crippen LogP contribution in [0.2, 0.25) is 0 Å². The predicted molar refractivity (Wildman–Crippen MR) is 80.0 cm³/mol. The summed E-state index contributed by atoms with van der Waals surface area (Å²) in [4.78, 5) is 8.64. The van der Waals surface area contributed by atoms with Gasteiger partial charge in [0.25, 0.3) is 0 Å². The highest BCUT2D eigenvalue weighted by atomic mass is 16.5. The Labute approximate surface area is 120 Å². The molecule has 1 N–H and O–H groups in total. The Hall–Kier alpha value is -1.94. The summed E-state index contributed by atoms with van der Waals surface area (Å²) in [5.74, 6) is 0.581. The molecule has 0 radical (unpaired) electrons. The highest BCUT2D eigenvalue weighted by Gasteiger charge is 2.18. The Balaban J connectivity index is 2.31. The van der Waals surface area contributed by atoms with Gasteiger partial charge in [-0.1, -0.05) is 23.8 Å². The molecule has 4 nitrogen and oxygen atoms in total. The lowest BCUT2D eigenvalue weighted by Crippen LogP contribution is -2.21. The molecule has 0 aliphatic carbocycles. The second-order valence-corrected chi connectivity index (χ2v) is 4.93. The number of methoxy groups -OCH3 is 1. The summed E-state index contributed by atoms with van der Waals surface area (Å²) in [5.41, 5.74) is 4.72. The topological polar surface area (TPSA) is 47.0 Å². The average Bonchev–Trinajstić information content (AvgIpc) is 2.48. The number of hydrogen-bond acceptors (Lipinski definition) is 4. The first-order valence-corrected chi connectivity index (χ1v) is 6.74. The number of benzene rings is 1. The normalized spacial score (nSPS) is 12.2. The number of ether oxygens (including phenoxy) is 1. The zero-order valence-electron chi connectivity index (χ0n) is 12.5. The standard InChI is InChI=1S/C16H21N3O/c1-11-5-6-12(2)13(9-11)10-14(17-3)15-16(20-4)19-8-7-18-15/h5-9,14,17H,10H2,1-4H3. The van der Waals surface area contributed by atoms with Gasteiger partial charge in [0, 0.05) is 12.4 Å². The third-order valence-corrected chi connectivity index (χ3v) is 3.49. The van der Waals surface area contributed by atoms with E-state index in [-0.39, 0.29) is 6.04 Å². The van der Waals surface area contributed by atoms with Crippen molar-refractivity contribution in [2.45, 2.75) is 26.3 Å². The van der Waals surface area contributed by atoms with Crippen molar-refractivity contribution in [1.29, 1.82) is 0 Å². The van der Waals surface area contributed by atoms with Crippen molar-refractivity contribution >= 4 is 0 Å². The monoisotopic (exact) mass is 271 g/mol. The van der Waals surface area contributed by atoms with Crippen molar-refractivity contribution in [1.82, 2.24) is 15.3 Å². The van der Waals surface area contributed by atoms with Crippen molar-refractivity contribution in [3.8, 4) is 5.88 Å². The molecule has 2 aromatic rings.